The normalized spacial score (nSPS) is 21.6. The van der Waals surface area contributed by atoms with Gasteiger partial charge in [-0.2, -0.15) is 4.98 Å². The lowest BCUT2D eigenvalue weighted by Gasteiger charge is -2.38. The molecule has 1 aliphatic rings. The van der Waals surface area contributed by atoms with Gasteiger partial charge in [-0.25, -0.2) is 14.1 Å². The van der Waals surface area contributed by atoms with Crippen LogP contribution in [0.2, 0.25) is 0 Å². The Labute approximate surface area is 204 Å². The van der Waals surface area contributed by atoms with Crippen molar-refractivity contribution >= 4 is 30.4 Å². The molecule has 0 saturated carbocycles. The first kappa shape index (κ1) is 27.6. The first-order valence-corrected chi connectivity index (χ1v) is 13.0. The van der Waals surface area contributed by atoms with E-state index in [1.165, 1.54) is 24.9 Å². The van der Waals surface area contributed by atoms with Crippen molar-refractivity contribution in [2.24, 2.45) is 5.10 Å². The van der Waals surface area contributed by atoms with Crippen molar-refractivity contribution < 1.29 is 38.6 Å². The molecule has 0 radical (unpaired) electrons. The third-order valence-corrected chi connectivity index (χ3v) is 8.96. The molecule has 2 aromatic rings. The van der Waals surface area contributed by atoms with Gasteiger partial charge >= 0.3 is 13.2 Å². The van der Waals surface area contributed by atoms with Gasteiger partial charge < -0.3 is 29.5 Å². The van der Waals surface area contributed by atoms with E-state index >= 15 is 0 Å². The Bertz CT molecular complexity index is 1150. The molecule has 0 bridgehead atoms. The van der Waals surface area contributed by atoms with E-state index in [9.17, 15) is 24.8 Å². The van der Waals surface area contributed by atoms with Gasteiger partial charge in [0.2, 0.25) is 11.7 Å². The van der Waals surface area contributed by atoms with Crippen molar-refractivity contribution in [2.45, 2.75) is 83.3 Å². The number of hydrogen-bond donors (Lipinski definition) is 4. The van der Waals surface area contributed by atoms with Crippen LogP contribution in [0.5, 0.6) is 0 Å². The Balaban J connectivity index is 1.91. The summed E-state index contributed by atoms with van der Waals surface area (Å²) in [7, 11) is -1.33. The van der Waals surface area contributed by atoms with E-state index in [2.05, 4.69) is 15.1 Å². The number of imidazole rings is 1. The number of anilines is 1. The zero-order valence-corrected chi connectivity index (χ0v) is 22.0. The summed E-state index contributed by atoms with van der Waals surface area (Å²) >= 11 is 0. The third kappa shape index (κ3) is 4.99. The predicted molar refractivity (Wildman–Crippen MR) is 128 cm³/mol. The van der Waals surface area contributed by atoms with Gasteiger partial charge in [0.1, 0.15) is 6.10 Å². The van der Waals surface area contributed by atoms with Crippen molar-refractivity contribution in [1.82, 2.24) is 14.5 Å². The zero-order chi connectivity index (χ0) is 26.3. The standard InChI is InChI=1S/C21H35N6O7P/c1-8-20(4,34-35(31,32)21(5,30)9-2)10-14(33-7)16(28)19(29)27-12-26-13(3)24-25(6)17-15(26)18(27)23-11-22-17/h11-12,14,16,19,28-30H,8-10H2,1-7H3/p+1. The quantitative estimate of drug-likeness (QED) is 0.251. The number of nitrogens with zero attached hydrogens (tertiary/aromatic N) is 6. The first-order chi connectivity index (χ1) is 16.2. The van der Waals surface area contributed by atoms with E-state index in [1.807, 2.05) is 0 Å². The second kappa shape index (κ2) is 9.81. The van der Waals surface area contributed by atoms with Crippen molar-refractivity contribution in [3.63, 3.8) is 0 Å². The minimum atomic E-state index is -4.44. The van der Waals surface area contributed by atoms with E-state index in [0.717, 1.165) is 0 Å². The summed E-state index contributed by atoms with van der Waals surface area (Å²) in [6.07, 6.45) is -0.755. The van der Waals surface area contributed by atoms with Gasteiger partial charge in [-0.1, -0.05) is 18.8 Å². The Kier molecular flexibility index (Phi) is 7.74. The molecule has 0 saturated heterocycles. The molecule has 3 rings (SSSR count). The Morgan fingerprint density at radius 3 is 2.46 bits per heavy atom. The number of ether oxygens (including phenoxy) is 1. The molecular formula is C21H36N6O7P+. The van der Waals surface area contributed by atoms with E-state index in [1.54, 1.807) is 50.6 Å². The van der Waals surface area contributed by atoms with Crippen LogP contribution >= 0.6 is 7.60 Å². The van der Waals surface area contributed by atoms with Gasteiger partial charge in [-0.05, 0) is 26.7 Å². The van der Waals surface area contributed by atoms with Crippen LogP contribution in [-0.4, -0.2) is 77.9 Å². The zero-order valence-electron chi connectivity index (χ0n) is 21.2. The van der Waals surface area contributed by atoms with Gasteiger partial charge in [0.15, 0.2) is 29.7 Å². The Hall–Kier alpha value is -1.99. The van der Waals surface area contributed by atoms with Gasteiger partial charge in [0.05, 0.1) is 11.7 Å². The summed E-state index contributed by atoms with van der Waals surface area (Å²) < 4.78 is 27.0. The number of hydrogen-bond acceptors (Lipinski definition) is 10. The number of aliphatic hydroxyl groups is 3. The molecule has 0 spiro atoms. The maximum Gasteiger partial charge on any atom is 0.359 e. The molecule has 4 N–H and O–H groups in total. The monoisotopic (exact) mass is 515 g/mol. The number of aromatic nitrogens is 4. The predicted octanol–water partition coefficient (Wildman–Crippen LogP) is 1.10. The second-order valence-corrected chi connectivity index (χ2v) is 11.5. The summed E-state index contributed by atoms with van der Waals surface area (Å²) in [6.45, 7) is 7.97. The molecule has 196 valence electrons. The van der Waals surface area contributed by atoms with E-state index < -0.39 is 37.0 Å². The van der Waals surface area contributed by atoms with Gasteiger partial charge in [0, 0.05) is 27.5 Å². The maximum absolute atomic E-state index is 12.8. The van der Waals surface area contributed by atoms with Crippen LogP contribution in [0.15, 0.2) is 17.8 Å². The van der Waals surface area contributed by atoms with Crippen molar-refractivity contribution in [3.8, 4) is 0 Å². The molecule has 35 heavy (non-hydrogen) atoms. The van der Waals surface area contributed by atoms with Crippen LogP contribution < -0.4 is 9.58 Å². The molecule has 6 atom stereocenters. The van der Waals surface area contributed by atoms with Crippen molar-refractivity contribution in [1.29, 1.82) is 0 Å². The molecule has 0 amide bonds. The number of rotatable bonds is 11. The lowest BCUT2D eigenvalue weighted by Crippen LogP contribution is -2.52. The summed E-state index contributed by atoms with van der Waals surface area (Å²) in [5.41, 5.74) is -0.244. The van der Waals surface area contributed by atoms with Crippen molar-refractivity contribution in [2.75, 3.05) is 19.2 Å². The molecule has 6 unspecified atom stereocenters. The highest BCUT2D eigenvalue weighted by Gasteiger charge is 2.48. The van der Waals surface area contributed by atoms with Crippen LogP contribution in [0, 0.1) is 0 Å². The molecule has 0 aliphatic carbocycles. The minimum absolute atomic E-state index is 0.0120. The van der Waals surface area contributed by atoms with Gasteiger partial charge in [-0.3, -0.25) is 4.57 Å². The topological polar surface area (TPSA) is 167 Å². The molecule has 0 fully saturated rings. The van der Waals surface area contributed by atoms with Crippen LogP contribution in [0.4, 0.5) is 5.82 Å². The third-order valence-electron chi connectivity index (χ3n) is 6.74. The fourth-order valence-electron chi connectivity index (χ4n) is 3.96. The highest BCUT2D eigenvalue weighted by molar-refractivity contribution is 7.54. The smallest absolute Gasteiger partial charge is 0.359 e. The van der Waals surface area contributed by atoms with Gasteiger partial charge in [0.25, 0.3) is 0 Å². The molecule has 3 heterocycles. The Morgan fingerprint density at radius 2 is 1.89 bits per heavy atom. The first-order valence-electron chi connectivity index (χ1n) is 11.4. The SMILES string of the molecule is CCC(C)(CC(OC)C(O)C(O)[n+]1cn2c3c(ncnc31)N(C)N=C2C)OP(=O)(O)C(C)(O)CC. The molecule has 0 aromatic carbocycles. The largest absolute Gasteiger partial charge is 0.384 e. The summed E-state index contributed by atoms with van der Waals surface area (Å²) in [5.74, 6) is 1.16. The molecular weight excluding hydrogens is 479 g/mol. The van der Waals surface area contributed by atoms with E-state index in [0.29, 0.717) is 22.8 Å². The fraction of sp³-hybridized carbons (Fsp3) is 0.714. The number of aliphatic hydroxyl groups excluding tert-OH is 2. The van der Waals surface area contributed by atoms with Crippen LogP contribution in [0.3, 0.4) is 0 Å². The highest BCUT2D eigenvalue weighted by Crippen LogP contribution is 2.58. The lowest BCUT2D eigenvalue weighted by molar-refractivity contribution is -0.748. The average molecular weight is 516 g/mol. The Morgan fingerprint density at radius 1 is 1.23 bits per heavy atom. The highest BCUT2D eigenvalue weighted by atomic mass is 31.2. The minimum Gasteiger partial charge on any atom is -0.384 e. The summed E-state index contributed by atoms with van der Waals surface area (Å²) in [6, 6.07) is 0. The van der Waals surface area contributed by atoms with Crippen molar-refractivity contribution in [3.05, 3.63) is 12.7 Å². The van der Waals surface area contributed by atoms with Crippen LogP contribution in [0.1, 0.15) is 60.1 Å². The summed E-state index contributed by atoms with van der Waals surface area (Å²) in [4.78, 5) is 19.0. The van der Waals surface area contributed by atoms with E-state index in [-0.39, 0.29) is 19.3 Å². The number of methoxy groups -OCH3 is 1. The summed E-state index contributed by atoms with van der Waals surface area (Å²) in [5, 5.41) is 36.7. The molecule has 2 aromatic heterocycles. The lowest BCUT2D eigenvalue weighted by atomic mass is 9.92. The van der Waals surface area contributed by atoms with E-state index in [4.69, 9.17) is 9.26 Å². The molecule has 14 heteroatoms. The maximum atomic E-state index is 12.8. The van der Waals surface area contributed by atoms with Crippen LogP contribution in [0.25, 0.3) is 11.2 Å². The number of hydrazone groups is 1. The second-order valence-electron chi connectivity index (χ2n) is 9.30. The molecule has 1 aliphatic heterocycles. The fourth-order valence-corrected chi connectivity index (χ4v) is 5.36. The van der Waals surface area contributed by atoms with Crippen LogP contribution in [-0.2, 0) is 13.8 Å². The van der Waals surface area contributed by atoms with Gasteiger partial charge in [-0.15, -0.1) is 5.10 Å². The molecule has 13 nitrogen and oxygen atoms in total. The average Bonchev–Trinajstić information content (AvgIpc) is 3.20.